The fourth-order valence-corrected chi connectivity index (χ4v) is 3.40. The Labute approximate surface area is 207 Å². The molecule has 0 aliphatic carbocycles. The third-order valence-electron chi connectivity index (χ3n) is 5.20. The van der Waals surface area contributed by atoms with Crippen LogP contribution in [0.25, 0.3) is 10.9 Å². The zero-order valence-corrected chi connectivity index (χ0v) is 19.3. The number of carbonyl (C=O) groups excluding carboxylic acids is 3. The number of carbonyl (C=O) groups is 3. The number of anilines is 4. The molecule has 9 heteroatoms. The molecule has 1 aromatic heterocycles. The minimum absolute atomic E-state index is 0.123. The second kappa shape index (κ2) is 11.4. The van der Waals surface area contributed by atoms with Gasteiger partial charge < -0.3 is 21.3 Å². The van der Waals surface area contributed by atoms with Crippen LogP contribution >= 0.6 is 0 Å². The summed E-state index contributed by atoms with van der Waals surface area (Å²) < 4.78 is 0. The van der Waals surface area contributed by atoms with Gasteiger partial charge in [0.2, 0.25) is 11.8 Å². The fourth-order valence-electron chi connectivity index (χ4n) is 3.40. The van der Waals surface area contributed by atoms with Gasteiger partial charge in [0, 0.05) is 41.0 Å². The van der Waals surface area contributed by atoms with Gasteiger partial charge in [-0.3, -0.25) is 14.4 Å². The van der Waals surface area contributed by atoms with Crippen LogP contribution in [0, 0.1) is 0 Å². The van der Waals surface area contributed by atoms with Crippen molar-refractivity contribution in [1.29, 1.82) is 0 Å². The standard InChI is InChI=1S/C27H24N6O3/c1-2-24(34)28-15-14-25(35)31-21-12-13-23-22(16-21)26(30-17-29-23)32-20-10-8-18(9-11-20)27(36)33-19-6-4-3-5-7-19/h2-13,16-17H,1,14-15H2,(H,28,34)(H,31,35)(H,33,36)(H,29,30,32). The first-order valence-corrected chi connectivity index (χ1v) is 11.2. The highest BCUT2D eigenvalue weighted by molar-refractivity contribution is 6.04. The van der Waals surface area contributed by atoms with Crippen LogP contribution in [0.3, 0.4) is 0 Å². The number of hydrogen-bond acceptors (Lipinski definition) is 6. The van der Waals surface area contributed by atoms with Gasteiger partial charge in [-0.2, -0.15) is 0 Å². The van der Waals surface area contributed by atoms with Crippen LogP contribution in [0.5, 0.6) is 0 Å². The van der Waals surface area contributed by atoms with Gasteiger partial charge in [0.1, 0.15) is 12.1 Å². The quantitative estimate of drug-likeness (QED) is 0.265. The highest BCUT2D eigenvalue weighted by Crippen LogP contribution is 2.26. The molecule has 0 aliphatic heterocycles. The Balaban J connectivity index is 1.44. The van der Waals surface area contributed by atoms with E-state index in [1.165, 1.54) is 6.33 Å². The molecule has 4 aromatic rings. The lowest BCUT2D eigenvalue weighted by atomic mass is 10.1. The Morgan fingerprint density at radius 3 is 2.33 bits per heavy atom. The molecule has 3 aromatic carbocycles. The summed E-state index contributed by atoms with van der Waals surface area (Å²) >= 11 is 0. The molecular weight excluding hydrogens is 456 g/mol. The zero-order chi connectivity index (χ0) is 25.3. The fraction of sp³-hybridized carbons (Fsp3) is 0.0741. The molecule has 0 bridgehead atoms. The number of rotatable bonds is 9. The number of fused-ring (bicyclic) bond motifs is 1. The summed E-state index contributed by atoms with van der Waals surface area (Å²) in [6.45, 7) is 3.58. The molecule has 180 valence electrons. The molecule has 9 nitrogen and oxygen atoms in total. The molecule has 36 heavy (non-hydrogen) atoms. The summed E-state index contributed by atoms with van der Waals surface area (Å²) in [6, 6.07) is 21.6. The normalized spacial score (nSPS) is 10.3. The molecule has 4 N–H and O–H groups in total. The number of nitrogens with one attached hydrogen (secondary N) is 4. The van der Waals surface area contributed by atoms with E-state index < -0.39 is 0 Å². The first kappa shape index (κ1) is 24.1. The van der Waals surface area contributed by atoms with Crippen molar-refractivity contribution in [2.45, 2.75) is 6.42 Å². The molecule has 0 fully saturated rings. The zero-order valence-electron chi connectivity index (χ0n) is 19.3. The van der Waals surface area contributed by atoms with Crippen LogP contribution in [0.15, 0.2) is 91.8 Å². The molecule has 0 saturated carbocycles. The molecule has 0 spiro atoms. The van der Waals surface area contributed by atoms with Gasteiger partial charge in [-0.25, -0.2) is 9.97 Å². The number of benzene rings is 3. The van der Waals surface area contributed by atoms with E-state index in [1.54, 1.807) is 42.5 Å². The number of hydrogen-bond donors (Lipinski definition) is 4. The van der Waals surface area contributed by atoms with Gasteiger partial charge in [0.15, 0.2) is 0 Å². The number of nitrogens with zero attached hydrogens (tertiary/aromatic N) is 2. The highest BCUT2D eigenvalue weighted by Gasteiger charge is 2.10. The summed E-state index contributed by atoms with van der Waals surface area (Å²) in [4.78, 5) is 44.6. The van der Waals surface area contributed by atoms with Crippen molar-refractivity contribution in [1.82, 2.24) is 15.3 Å². The van der Waals surface area contributed by atoms with E-state index in [-0.39, 0.29) is 30.7 Å². The Bertz CT molecular complexity index is 1400. The number of aromatic nitrogens is 2. The van der Waals surface area contributed by atoms with Crippen molar-refractivity contribution in [2.75, 3.05) is 22.5 Å². The first-order chi connectivity index (χ1) is 17.5. The number of amides is 3. The van der Waals surface area contributed by atoms with E-state index in [0.29, 0.717) is 28.0 Å². The van der Waals surface area contributed by atoms with Crippen LogP contribution in [0.1, 0.15) is 16.8 Å². The monoisotopic (exact) mass is 480 g/mol. The SMILES string of the molecule is C=CC(=O)NCCC(=O)Nc1ccc2ncnc(Nc3ccc(C(=O)Nc4ccccc4)cc3)c2c1. The van der Waals surface area contributed by atoms with Crippen LogP contribution in [-0.2, 0) is 9.59 Å². The lowest BCUT2D eigenvalue weighted by Gasteiger charge is -2.11. The Morgan fingerprint density at radius 2 is 1.58 bits per heavy atom. The molecule has 1 heterocycles. The van der Waals surface area contributed by atoms with Crippen LogP contribution in [-0.4, -0.2) is 34.2 Å². The van der Waals surface area contributed by atoms with Gasteiger partial charge in [0.05, 0.1) is 5.52 Å². The molecule has 0 aliphatic rings. The minimum Gasteiger partial charge on any atom is -0.352 e. The Morgan fingerprint density at radius 1 is 0.833 bits per heavy atom. The second-order valence-corrected chi connectivity index (χ2v) is 7.77. The topological polar surface area (TPSA) is 125 Å². The van der Waals surface area contributed by atoms with E-state index in [1.807, 2.05) is 30.3 Å². The molecule has 0 unspecified atom stereocenters. The highest BCUT2D eigenvalue weighted by atomic mass is 16.2. The minimum atomic E-state index is -0.328. The first-order valence-electron chi connectivity index (χ1n) is 11.2. The third-order valence-corrected chi connectivity index (χ3v) is 5.20. The van der Waals surface area contributed by atoms with Gasteiger partial charge in [-0.15, -0.1) is 0 Å². The van der Waals surface area contributed by atoms with E-state index in [9.17, 15) is 14.4 Å². The van der Waals surface area contributed by atoms with Gasteiger partial charge in [-0.05, 0) is 60.7 Å². The largest absolute Gasteiger partial charge is 0.352 e. The maximum atomic E-state index is 12.5. The van der Waals surface area contributed by atoms with Crippen molar-refractivity contribution in [3.8, 4) is 0 Å². The summed E-state index contributed by atoms with van der Waals surface area (Å²) in [6.07, 6.45) is 2.73. The van der Waals surface area contributed by atoms with E-state index in [2.05, 4.69) is 37.8 Å². The summed E-state index contributed by atoms with van der Waals surface area (Å²) in [5.41, 5.74) is 3.25. The second-order valence-electron chi connectivity index (χ2n) is 7.77. The van der Waals surface area contributed by atoms with Crippen molar-refractivity contribution in [2.24, 2.45) is 0 Å². The molecule has 0 atom stereocenters. The number of para-hydroxylation sites is 1. The maximum Gasteiger partial charge on any atom is 0.255 e. The van der Waals surface area contributed by atoms with Crippen molar-refractivity contribution in [3.05, 3.63) is 97.3 Å². The molecule has 4 rings (SSSR count). The average Bonchev–Trinajstić information content (AvgIpc) is 2.90. The van der Waals surface area contributed by atoms with Crippen molar-refractivity contribution in [3.63, 3.8) is 0 Å². The summed E-state index contributed by atoms with van der Waals surface area (Å²) in [5, 5.41) is 12.2. The van der Waals surface area contributed by atoms with Crippen molar-refractivity contribution < 1.29 is 14.4 Å². The molecule has 0 saturated heterocycles. The lowest BCUT2D eigenvalue weighted by molar-refractivity contribution is -0.117. The van der Waals surface area contributed by atoms with Gasteiger partial charge in [0.25, 0.3) is 5.91 Å². The van der Waals surface area contributed by atoms with Crippen LogP contribution < -0.4 is 21.3 Å². The summed E-state index contributed by atoms with van der Waals surface area (Å²) in [5.74, 6) is -0.221. The maximum absolute atomic E-state index is 12.5. The van der Waals surface area contributed by atoms with Gasteiger partial charge >= 0.3 is 0 Å². The van der Waals surface area contributed by atoms with E-state index in [0.717, 1.165) is 17.5 Å². The Hall–Kier alpha value is -5.05. The summed E-state index contributed by atoms with van der Waals surface area (Å²) in [7, 11) is 0. The van der Waals surface area contributed by atoms with Crippen molar-refractivity contribution >= 4 is 51.5 Å². The van der Waals surface area contributed by atoms with E-state index in [4.69, 9.17) is 0 Å². The van der Waals surface area contributed by atoms with E-state index >= 15 is 0 Å². The Kier molecular flexibility index (Phi) is 7.62. The predicted octanol–water partition coefficient (Wildman–Crippen LogP) is 4.26. The molecule has 0 radical (unpaired) electrons. The predicted molar refractivity (Wildman–Crippen MR) is 140 cm³/mol. The molecular formula is C27H24N6O3. The van der Waals surface area contributed by atoms with Gasteiger partial charge in [-0.1, -0.05) is 24.8 Å². The lowest BCUT2D eigenvalue weighted by Crippen LogP contribution is -2.25. The third kappa shape index (κ3) is 6.29. The molecule has 3 amide bonds. The average molecular weight is 481 g/mol. The smallest absolute Gasteiger partial charge is 0.255 e. The van der Waals surface area contributed by atoms with Crippen LogP contribution in [0.4, 0.5) is 22.9 Å². The van der Waals surface area contributed by atoms with Crippen LogP contribution in [0.2, 0.25) is 0 Å².